The van der Waals surface area contributed by atoms with Gasteiger partial charge in [-0.25, -0.2) is 0 Å². The van der Waals surface area contributed by atoms with Gasteiger partial charge in [-0.15, -0.1) is 0 Å². The molecule has 2 aliphatic heterocycles. The van der Waals surface area contributed by atoms with Gasteiger partial charge in [-0.05, 0) is 50.6 Å². The van der Waals surface area contributed by atoms with Gasteiger partial charge in [0.15, 0.2) is 0 Å². The Balaban J connectivity index is 1.75. The molecule has 0 aliphatic carbocycles. The van der Waals surface area contributed by atoms with Crippen molar-refractivity contribution in [2.75, 3.05) is 39.3 Å². The molecule has 0 spiro atoms. The molecule has 0 bridgehead atoms. The lowest BCUT2D eigenvalue weighted by Gasteiger charge is -2.35. The van der Waals surface area contributed by atoms with E-state index in [0.717, 1.165) is 26.1 Å². The third-order valence-corrected chi connectivity index (χ3v) is 5.52. The molecule has 2 heterocycles. The van der Waals surface area contributed by atoms with Gasteiger partial charge in [-0.2, -0.15) is 0 Å². The smallest absolute Gasteiger partial charge is 0.241 e. The topological polar surface area (TPSA) is 78.7 Å². The molecule has 6 heteroatoms. The van der Waals surface area contributed by atoms with Crippen LogP contribution in [0, 0.1) is 11.8 Å². The minimum atomic E-state index is -0.551. The summed E-state index contributed by atoms with van der Waals surface area (Å²) in [6, 6.07) is -0.551. The summed E-state index contributed by atoms with van der Waals surface area (Å²) in [6.45, 7) is 9.02. The minimum absolute atomic E-state index is 0.0184. The molecule has 2 atom stereocenters. The number of hydrogen-bond acceptors (Lipinski definition) is 4. The molecule has 0 aromatic heterocycles. The van der Waals surface area contributed by atoms with Crippen LogP contribution in [-0.4, -0.2) is 66.9 Å². The van der Waals surface area contributed by atoms with Gasteiger partial charge < -0.3 is 20.9 Å². The number of piperidine rings is 1. The summed E-state index contributed by atoms with van der Waals surface area (Å²) in [4.78, 5) is 28.9. The lowest BCUT2D eigenvalue weighted by molar-refractivity contribution is -0.134. The maximum absolute atomic E-state index is 12.4. The molecule has 2 rings (SSSR count). The van der Waals surface area contributed by atoms with Gasteiger partial charge in [0.05, 0.1) is 12.6 Å². The maximum Gasteiger partial charge on any atom is 0.241 e. The molecule has 0 aromatic carbocycles. The van der Waals surface area contributed by atoms with E-state index in [4.69, 9.17) is 5.73 Å². The highest BCUT2D eigenvalue weighted by Gasteiger charge is 2.26. The SMILES string of the molecule is CC(C)[C@H](N)C(=O)NCC(=O)N1CCCC(CN2CCCCCC2)C1. The first-order valence-corrected chi connectivity index (χ1v) is 10.0. The highest BCUT2D eigenvalue weighted by molar-refractivity contribution is 5.87. The Labute approximate surface area is 152 Å². The first-order valence-electron chi connectivity index (χ1n) is 10.0. The van der Waals surface area contributed by atoms with Crippen molar-refractivity contribution in [2.45, 2.75) is 58.4 Å². The Morgan fingerprint density at radius 1 is 1.08 bits per heavy atom. The van der Waals surface area contributed by atoms with Crippen LogP contribution in [0.2, 0.25) is 0 Å². The van der Waals surface area contributed by atoms with E-state index in [0.29, 0.717) is 5.92 Å². The van der Waals surface area contributed by atoms with Gasteiger partial charge in [-0.3, -0.25) is 9.59 Å². The van der Waals surface area contributed by atoms with Gasteiger partial charge in [0.1, 0.15) is 0 Å². The lowest BCUT2D eigenvalue weighted by Crippen LogP contribution is -2.50. The summed E-state index contributed by atoms with van der Waals surface area (Å²) in [5.41, 5.74) is 5.82. The number of amides is 2. The fourth-order valence-corrected chi connectivity index (χ4v) is 3.82. The van der Waals surface area contributed by atoms with Crippen molar-refractivity contribution in [3.8, 4) is 0 Å². The summed E-state index contributed by atoms with van der Waals surface area (Å²) in [5.74, 6) is 0.416. The van der Waals surface area contributed by atoms with E-state index in [9.17, 15) is 9.59 Å². The molecule has 2 aliphatic rings. The molecule has 2 amide bonds. The van der Waals surface area contributed by atoms with Crippen LogP contribution in [0.3, 0.4) is 0 Å². The molecule has 2 fully saturated rings. The highest BCUT2D eigenvalue weighted by atomic mass is 16.2. The van der Waals surface area contributed by atoms with E-state index in [1.807, 2.05) is 18.7 Å². The molecule has 0 radical (unpaired) electrons. The van der Waals surface area contributed by atoms with Gasteiger partial charge in [-0.1, -0.05) is 26.7 Å². The second kappa shape index (κ2) is 10.1. The molecule has 0 aromatic rings. The summed E-state index contributed by atoms with van der Waals surface area (Å²) >= 11 is 0. The number of nitrogens with zero attached hydrogens (tertiary/aromatic N) is 2. The molecule has 1 unspecified atom stereocenters. The second-order valence-electron chi connectivity index (χ2n) is 8.05. The Morgan fingerprint density at radius 3 is 2.40 bits per heavy atom. The number of rotatable bonds is 6. The van der Waals surface area contributed by atoms with Crippen molar-refractivity contribution in [2.24, 2.45) is 17.6 Å². The standard InChI is InChI=1S/C19H36N4O2/c1-15(2)18(20)19(25)21-12-17(24)23-11-7-8-16(14-23)13-22-9-5-3-4-6-10-22/h15-16,18H,3-14,20H2,1-2H3,(H,21,25)/t16?,18-/m0/s1. The zero-order valence-electron chi connectivity index (χ0n) is 16.0. The monoisotopic (exact) mass is 352 g/mol. The zero-order chi connectivity index (χ0) is 18.2. The molecule has 2 saturated heterocycles. The molecular weight excluding hydrogens is 316 g/mol. The number of carbonyl (C=O) groups excluding carboxylic acids is 2. The van der Waals surface area contributed by atoms with Crippen LogP contribution in [0.4, 0.5) is 0 Å². The average molecular weight is 353 g/mol. The molecule has 3 N–H and O–H groups in total. The van der Waals surface area contributed by atoms with Crippen LogP contribution in [-0.2, 0) is 9.59 Å². The van der Waals surface area contributed by atoms with E-state index in [-0.39, 0.29) is 24.3 Å². The Bertz CT molecular complexity index is 433. The second-order valence-corrected chi connectivity index (χ2v) is 8.05. The highest BCUT2D eigenvalue weighted by Crippen LogP contribution is 2.19. The Kier molecular flexibility index (Phi) is 8.16. The first kappa shape index (κ1) is 20.2. The molecular formula is C19H36N4O2. The lowest BCUT2D eigenvalue weighted by atomic mass is 9.97. The van der Waals surface area contributed by atoms with Crippen LogP contribution in [0.25, 0.3) is 0 Å². The fourth-order valence-electron chi connectivity index (χ4n) is 3.82. The predicted molar refractivity (Wildman–Crippen MR) is 100 cm³/mol. The number of hydrogen-bond donors (Lipinski definition) is 2. The summed E-state index contributed by atoms with van der Waals surface area (Å²) < 4.78 is 0. The summed E-state index contributed by atoms with van der Waals surface area (Å²) in [5, 5.41) is 2.70. The summed E-state index contributed by atoms with van der Waals surface area (Å²) in [7, 11) is 0. The number of nitrogens with two attached hydrogens (primary N) is 1. The van der Waals surface area contributed by atoms with E-state index in [1.165, 1.54) is 45.2 Å². The third kappa shape index (κ3) is 6.59. The van der Waals surface area contributed by atoms with E-state index in [2.05, 4.69) is 10.2 Å². The molecule has 6 nitrogen and oxygen atoms in total. The average Bonchev–Trinajstić information content (AvgIpc) is 2.87. The first-order chi connectivity index (χ1) is 12.0. The van der Waals surface area contributed by atoms with Crippen molar-refractivity contribution in [3.63, 3.8) is 0 Å². The summed E-state index contributed by atoms with van der Waals surface area (Å²) in [6.07, 6.45) is 7.57. The minimum Gasteiger partial charge on any atom is -0.346 e. The number of carbonyl (C=O) groups is 2. The van der Waals surface area contributed by atoms with Crippen LogP contribution >= 0.6 is 0 Å². The molecule has 0 saturated carbocycles. The van der Waals surface area contributed by atoms with Crippen LogP contribution in [0.5, 0.6) is 0 Å². The molecule has 144 valence electrons. The van der Waals surface area contributed by atoms with Crippen LogP contribution in [0.1, 0.15) is 52.4 Å². The molecule has 25 heavy (non-hydrogen) atoms. The van der Waals surface area contributed by atoms with E-state index >= 15 is 0 Å². The quantitative estimate of drug-likeness (QED) is 0.753. The number of likely N-dealkylation sites (tertiary alicyclic amines) is 2. The normalized spacial score (nSPS) is 24.0. The zero-order valence-corrected chi connectivity index (χ0v) is 16.0. The van der Waals surface area contributed by atoms with Gasteiger partial charge >= 0.3 is 0 Å². The van der Waals surface area contributed by atoms with Crippen LogP contribution < -0.4 is 11.1 Å². The third-order valence-electron chi connectivity index (χ3n) is 5.52. The Morgan fingerprint density at radius 2 is 1.76 bits per heavy atom. The van der Waals surface area contributed by atoms with Gasteiger partial charge in [0, 0.05) is 19.6 Å². The van der Waals surface area contributed by atoms with Gasteiger partial charge in [0.25, 0.3) is 0 Å². The van der Waals surface area contributed by atoms with Crippen LogP contribution in [0.15, 0.2) is 0 Å². The van der Waals surface area contributed by atoms with Crippen molar-refractivity contribution < 1.29 is 9.59 Å². The predicted octanol–water partition coefficient (Wildman–Crippen LogP) is 1.20. The largest absolute Gasteiger partial charge is 0.346 e. The maximum atomic E-state index is 12.4. The Hall–Kier alpha value is -1.14. The number of nitrogens with one attached hydrogen (secondary N) is 1. The van der Waals surface area contributed by atoms with Crippen molar-refractivity contribution in [1.82, 2.24) is 15.1 Å². The van der Waals surface area contributed by atoms with Gasteiger partial charge in [0.2, 0.25) is 11.8 Å². The van der Waals surface area contributed by atoms with Crippen molar-refractivity contribution in [1.29, 1.82) is 0 Å². The fraction of sp³-hybridized carbons (Fsp3) is 0.895. The van der Waals surface area contributed by atoms with Crippen molar-refractivity contribution >= 4 is 11.8 Å². The van der Waals surface area contributed by atoms with E-state index in [1.54, 1.807) is 0 Å². The van der Waals surface area contributed by atoms with Crippen molar-refractivity contribution in [3.05, 3.63) is 0 Å². The van der Waals surface area contributed by atoms with E-state index < -0.39 is 6.04 Å².